The smallest absolute Gasteiger partial charge is 0.255 e. The third-order valence-corrected chi connectivity index (χ3v) is 3.16. The fraction of sp³-hybridized carbons (Fsp3) is 0.333. The van der Waals surface area contributed by atoms with Crippen LogP contribution >= 0.6 is 0 Å². The molecule has 1 atom stereocenters. The number of aromatic nitrogens is 2. The van der Waals surface area contributed by atoms with Crippen LogP contribution in [0, 0.1) is 0 Å². The van der Waals surface area contributed by atoms with Crippen molar-refractivity contribution in [3.8, 4) is 0 Å². The van der Waals surface area contributed by atoms with Gasteiger partial charge < -0.3 is 10.2 Å². The van der Waals surface area contributed by atoms with Gasteiger partial charge >= 0.3 is 0 Å². The molecule has 2 aromatic rings. The molecular weight excluding hydrogens is 252 g/mol. The Balaban J connectivity index is 2.23. The van der Waals surface area contributed by atoms with E-state index in [1.54, 1.807) is 23.7 Å². The predicted molar refractivity (Wildman–Crippen MR) is 79.7 cm³/mol. The largest absolute Gasteiger partial charge is 0.378 e. The molecule has 1 aromatic heterocycles. The van der Waals surface area contributed by atoms with E-state index in [9.17, 15) is 4.79 Å². The quantitative estimate of drug-likeness (QED) is 0.929. The molecule has 1 N–H and O–H groups in total. The van der Waals surface area contributed by atoms with Crippen LogP contribution < -0.4 is 5.32 Å². The van der Waals surface area contributed by atoms with E-state index < -0.39 is 0 Å². The zero-order chi connectivity index (χ0) is 14.7. The standard InChI is InChI=1S/C15H20N4O/c1-11(12-9-16-19(4)10-12)17-14-8-6-5-7-13(14)15(20)18(2)3/h5-11,17H,1-4H3. The molecular formula is C15H20N4O. The summed E-state index contributed by atoms with van der Waals surface area (Å²) < 4.78 is 1.77. The Hall–Kier alpha value is -2.30. The molecule has 5 nitrogen and oxygen atoms in total. The van der Waals surface area contributed by atoms with Crippen molar-refractivity contribution in [2.24, 2.45) is 7.05 Å². The summed E-state index contributed by atoms with van der Waals surface area (Å²) in [5.74, 6) is -0.00788. The Bertz CT molecular complexity index is 603. The summed E-state index contributed by atoms with van der Waals surface area (Å²) in [6, 6.07) is 7.63. The van der Waals surface area contributed by atoms with E-state index >= 15 is 0 Å². The molecule has 1 heterocycles. The molecule has 0 spiro atoms. The first-order valence-corrected chi connectivity index (χ1v) is 6.55. The molecule has 0 bridgehead atoms. The predicted octanol–water partition coefficient (Wildman–Crippen LogP) is 2.29. The molecule has 0 aliphatic heterocycles. The van der Waals surface area contributed by atoms with Crippen molar-refractivity contribution in [1.82, 2.24) is 14.7 Å². The lowest BCUT2D eigenvalue weighted by molar-refractivity contribution is 0.0828. The maximum atomic E-state index is 12.2. The van der Waals surface area contributed by atoms with Gasteiger partial charge in [-0.25, -0.2) is 0 Å². The Morgan fingerprint density at radius 1 is 1.35 bits per heavy atom. The van der Waals surface area contributed by atoms with Crippen LogP contribution in [-0.4, -0.2) is 34.7 Å². The molecule has 0 saturated carbocycles. The van der Waals surface area contributed by atoms with E-state index in [0.717, 1.165) is 11.3 Å². The van der Waals surface area contributed by atoms with Crippen LogP contribution in [0.3, 0.4) is 0 Å². The lowest BCUT2D eigenvalue weighted by atomic mass is 10.1. The van der Waals surface area contributed by atoms with Crippen LogP contribution in [0.2, 0.25) is 0 Å². The molecule has 0 fully saturated rings. The van der Waals surface area contributed by atoms with E-state index in [0.29, 0.717) is 5.56 Å². The highest BCUT2D eigenvalue weighted by Crippen LogP contribution is 2.22. The van der Waals surface area contributed by atoms with Crippen LogP contribution in [-0.2, 0) is 7.05 Å². The van der Waals surface area contributed by atoms with Gasteiger partial charge in [0.25, 0.3) is 5.91 Å². The molecule has 0 aliphatic carbocycles. The fourth-order valence-corrected chi connectivity index (χ4v) is 2.02. The Kier molecular flexibility index (Phi) is 4.08. The zero-order valence-corrected chi connectivity index (χ0v) is 12.3. The number of benzene rings is 1. The summed E-state index contributed by atoms with van der Waals surface area (Å²) in [7, 11) is 5.40. The molecule has 1 unspecified atom stereocenters. The molecule has 0 aliphatic rings. The van der Waals surface area contributed by atoms with Crippen molar-refractivity contribution in [2.45, 2.75) is 13.0 Å². The molecule has 106 valence electrons. The Morgan fingerprint density at radius 3 is 2.65 bits per heavy atom. The normalized spacial score (nSPS) is 12.0. The van der Waals surface area contributed by atoms with Gasteiger partial charge in [0, 0.05) is 38.6 Å². The van der Waals surface area contributed by atoms with E-state index in [1.807, 2.05) is 50.6 Å². The van der Waals surface area contributed by atoms with Crippen LogP contribution in [0.15, 0.2) is 36.7 Å². The lowest BCUT2D eigenvalue weighted by Crippen LogP contribution is -2.23. The zero-order valence-electron chi connectivity index (χ0n) is 12.3. The first-order chi connectivity index (χ1) is 9.49. The molecule has 20 heavy (non-hydrogen) atoms. The van der Waals surface area contributed by atoms with Gasteiger partial charge in [-0.2, -0.15) is 5.10 Å². The molecule has 0 radical (unpaired) electrons. The summed E-state index contributed by atoms with van der Waals surface area (Å²) in [6.07, 6.45) is 3.79. The number of amides is 1. The first-order valence-electron chi connectivity index (χ1n) is 6.55. The highest BCUT2D eigenvalue weighted by Gasteiger charge is 2.15. The summed E-state index contributed by atoms with van der Waals surface area (Å²) in [4.78, 5) is 13.7. The third-order valence-electron chi connectivity index (χ3n) is 3.16. The minimum Gasteiger partial charge on any atom is -0.378 e. The summed E-state index contributed by atoms with van der Waals surface area (Å²) in [5.41, 5.74) is 2.59. The van der Waals surface area contributed by atoms with Crippen LogP contribution in [0.4, 0.5) is 5.69 Å². The number of rotatable bonds is 4. The van der Waals surface area contributed by atoms with Crippen LogP contribution in [0.5, 0.6) is 0 Å². The number of aryl methyl sites for hydroxylation is 1. The number of nitrogens with zero attached hydrogens (tertiary/aromatic N) is 3. The lowest BCUT2D eigenvalue weighted by Gasteiger charge is -2.18. The number of hydrogen-bond donors (Lipinski definition) is 1. The van der Waals surface area contributed by atoms with Gasteiger partial charge in [-0.05, 0) is 19.1 Å². The maximum absolute atomic E-state index is 12.2. The number of anilines is 1. The van der Waals surface area contributed by atoms with Gasteiger partial charge in [-0.3, -0.25) is 9.48 Å². The van der Waals surface area contributed by atoms with Crippen molar-refractivity contribution < 1.29 is 4.79 Å². The van der Waals surface area contributed by atoms with Crippen molar-refractivity contribution in [3.63, 3.8) is 0 Å². The Labute approximate surface area is 119 Å². The Morgan fingerprint density at radius 2 is 2.05 bits per heavy atom. The van der Waals surface area contributed by atoms with Crippen molar-refractivity contribution in [1.29, 1.82) is 0 Å². The second-order valence-corrected chi connectivity index (χ2v) is 5.06. The van der Waals surface area contributed by atoms with Gasteiger partial charge in [0.05, 0.1) is 17.8 Å². The van der Waals surface area contributed by atoms with E-state index in [4.69, 9.17) is 0 Å². The van der Waals surface area contributed by atoms with E-state index in [1.165, 1.54) is 0 Å². The number of hydrogen-bond acceptors (Lipinski definition) is 3. The number of nitrogens with one attached hydrogen (secondary N) is 1. The topological polar surface area (TPSA) is 50.2 Å². The van der Waals surface area contributed by atoms with Gasteiger partial charge in [0.1, 0.15) is 0 Å². The minimum absolute atomic E-state index is 0.00788. The van der Waals surface area contributed by atoms with Crippen LogP contribution in [0.1, 0.15) is 28.9 Å². The SMILES string of the molecule is CC(Nc1ccccc1C(=O)N(C)C)c1cnn(C)c1. The van der Waals surface area contributed by atoms with Crippen molar-refractivity contribution in [2.75, 3.05) is 19.4 Å². The average Bonchev–Trinajstić information content (AvgIpc) is 2.85. The van der Waals surface area contributed by atoms with E-state index in [2.05, 4.69) is 10.4 Å². The number of carbonyl (C=O) groups excluding carboxylic acids is 1. The van der Waals surface area contributed by atoms with Gasteiger partial charge in [-0.1, -0.05) is 12.1 Å². The highest BCUT2D eigenvalue weighted by atomic mass is 16.2. The summed E-state index contributed by atoms with van der Waals surface area (Å²) in [6.45, 7) is 2.05. The molecule has 1 amide bonds. The van der Waals surface area contributed by atoms with Gasteiger partial charge in [0.15, 0.2) is 0 Å². The van der Waals surface area contributed by atoms with Gasteiger partial charge in [0.2, 0.25) is 0 Å². The monoisotopic (exact) mass is 272 g/mol. The van der Waals surface area contributed by atoms with E-state index in [-0.39, 0.29) is 11.9 Å². The second kappa shape index (κ2) is 5.77. The summed E-state index contributed by atoms with van der Waals surface area (Å²) in [5, 5.41) is 7.54. The average molecular weight is 272 g/mol. The first kappa shape index (κ1) is 14.1. The minimum atomic E-state index is -0.00788. The molecule has 5 heteroatoms. The van der Waals surface area contributed by atoms with Crippen molar-refractivity contribution in [3.05, 3.63) is 47.8 Å². The second-order valence-electron chi connectivity index (χ2n) is 5.06. The summed E-state index contributed by atoms with van der Waals surface area (Å²) >= 11 is 0. The number of para-hydroxylation sites is 1. The molecule has 0 saturated heterocycles. The van der Waals surface area contributed by atoms with Crippen molar-refractivity contribution >= 4 is 11.6 Å². The number of carbonyl (C=O) groups is 1. The van der Waals surface area contributed by atoms with Gasteiger partial charge in [-0.15, -0.1) is 0 Å². The highest BCUT2D eigenvalue weighted by molar-refractivity contribution is 5.99. The molecule has 2 rings (SSSR count). The van der Waals surface area contributed by atoms with Crippen LogP contribution in [0.25, 0.3) is 0 Å². The molecule has 1 aromatic carbocycles. The fourth-order valence-electron chi connectivity index (χ4n) is 2.02. The maximum Gasteiger partial charge on any atom is 0.255 e. The third kappa shape index (κ3) is 2.99.